The van der Waals surface area contributed by atoms with Gasteiger partial charge in [0.05, 0.1) is 6.54 Å². The number of piperazine rings is 1. The first-order chi connectivity index (χ1) is 16.4. The molecule has 0 atom stereocenters. The molecule has 2 fully saturated rings. The number of rotatable bonds is 7. The Labute approximate surface area is 200 Å². The number of aromatic nitrogens is 1. The summed E-state index contributed by atoms with van der Waals surface area (Å²) in [7, 11) is -1.89. The average molecular weight is 490 g/mol. The maximum Gasteiger partial charge on any atom is 0.282 e. The second kappa shape index (κ2) is 10.7. The quantitative estimate of drug-likeness (QED) is 0.633. The molecular formula is C23H31N5O5S. The summed E-state index contributed by atoms with van der Waals surface area (Å²) in [5.74, 6) is -0.306. The predicted molar refractivity (Wildman–Crippen MR) is 126 cm³/mol. The zero-order chi connectivity index (χ0) is 24.1. The molecule has 34 heavy (non-hydrogen) atoms. The molecular weight excluding hydrogens is 458 g/mol. The molecule has 0 unspecified atom stereocenters. The summed E-state index contributed by atoms with van der Waals surface area (Å²) in [5, 5.41) is 6.36. The van der Waals surface area contributed by atoms with Crippen molar-refractivity contribution in [3.8, 4) is 11.3 Å². The Kier molecular flexibility index (Phi) is 7.64. The van der Waals surface area contributed by atoms with E-state index in [1.807, 2.05) is 30.3 Å². The summed E-state index contributed by atoms with van der Waals surface area (Å²) < 4.78 is 34.2. The Hall–Kier alpha value is -2.76. The highest BCUT2D eigenvalue weighted by atomic mass is 32.2. The number of nitrogens with one attached hydrogen (secondary N) is 1. The van der Waals surface area contributed by atoms with Crippen LogP contribution in [0.25, 0.3) is 11.3 Å². The first kappa shape index (κ1) is 24.4. The molecule has 0 spiro atoms. The largest absolute Gasteiger partial charge is 0.355 e. The van der Waals surface area contributed by atoms with E-state index in [-0.39, 0.29) is 50.4 Å². The molecule has 184 valence electrons. The Bertz CT molecular complexity index is 1090. The lowest BCUT2D eigenvalue weighted by Crippen LogP contribution is -2.56. The number of benzene rings is 1. The van der Waals surface area contributed by atoms with Crippen LogP contribution in [0.4, 0.5) is 0 Å². The van der Waals surface area contributed by atoms with Crippen LogP contribution in [0.1, 0.15) is 42.6 Å². The van der Waals surface area contributed by atoms with Crippen molar-refractivity contribution in [1.82, 2.24) is 24.0 Å². The second-order valence-electron chi connectivity index (χ2n) is 8.72. The summed E-state index contributed by atoms with van der Waals surface area (Å²) in [5.41, 5.74) is 0.889. The van der Waals surface area contributed by atoms with Crippen molar-refractivity contribution in [2.45, 2.75) is 38.1 Å². The van der Waals surface area contributed by atoms with Gasteiger partial charge in [-0.2, -0.15) is 17.0 Å². The number of hydrogen-bond acceptors (Lipinski definition) is 6. The van der Waals surface area contributed by atoms with Gasteiger partial charge in [0.2, 0.25) is 5.91 Å². The van der Waals surface area contributed by atoms with E-state index in [4.69, 9.17) is 4.52 Å². The van der Waals surface area contributed by atoms with E-state index in [0.717, 1.165) is 37.7 Å². The zero-order valence-corrected chi connectivity index (χ0v) is 20.2. The molecule has 1 saturated heterocycles. The third-order valence-corrected chi connectivity index (χ3v) is 8.62. The molecule has 4 rings (SSSR count). The van der Waals surface area contributed by atoms with E-state index in [1.165, 1.54) is 14.7 Å². The lowest BCUT2D eigenvalue weighted by Gasteiger charge is -2.38. The van der Waals surface area contributed by atoms with Gasteiger partial charge < -0.3 is 14.7 Å². The zero-order valence-electron chi connectivity index (χ0n) is 19.4. The van der Waals surface area contributed by atoms with Crippen LogP contribution in [0.5, 0.6) is 0 Å². The number of carbonyl (C=O) groups is 2. The van der Waals surface area contributed by atoms with Gasteiger partial charge in [-0.3, -0.25) is 9.59 Å². The maximum atomic E-state index is 13.0. The number of hydrogen-bond donors (Lipinski definition) is 1. The molecule has 1 aromatic heterocycles. The van der Waals surface area contributed by atoms with E-state index in [1.54, 1.807) is 11.9 Å². The van der Waals surface area contributed by atoms with Crippen LogP contribution in [0, 0.1) is 0 Å². The smallest absolute Gasteiger partial charge is 0.282 e. The fraction of sp³-hybridized carbons (Fsp3) is 0.522. The Morgan fingerprint density at radius 2 is 1.76 bits per heavy atom. The highest BCUT2D eigenvalue weighted by Crippen LogP contribution is 2.25. The van der Waals surface area contributed by atoms with Crippen molar-refractivity contribution >= 4 is 22.0 Å². The topological polar surface area (TPSA) is 116 Å². The summed E-state index contributed by atoms with van der Waals surface area (Å²) in [6.45, 7) is 0.857. The molecule has 1 aliphatic heterocycles. The van der Waals surface area contributed by atoms with Gasteiger partial charge in [0.1, 0.15) is 0 Å². The normalized spacial score (nSPS) is 18.2. The number of amides is 2. The van der Waals surface area contributed by atoms with Gasteiger partial charge in [-0.15, -0.1) is 0 Å². The Morgan fingerprint density at radius 1 is 1.09 bits per heavy atom. The van der Waals surface area contributed by atoms with Gasteiger partial charge in [-0.1, -0.05) is 54.8 Å². The summed E-state index contributed by atoms with van der Waals surface area (Å²) >= 11 is 0. The lowest BCUT2D eigenvalue weighted by molar-refractivity contribution is -0.131. The second-order valence-corrected chi connectivity index (χ2v) is 10.7. The van der Waals surface area contributed by atoms with Gasteiger partial charge >= 0.3 is 0 Å². The highest BCUT2D eigenvalue weighted by molar-refractivity contribution is 7.86. The van der Waals surface area contributed by atoms with Gasteiger partial charge in [0.25, 0.3) is 16.1 Å². The standard InChI is InChI=1S/C23H31N5O5S/c1-26(19-10-6-3-7-11-19)34(31,32)28-14-12-27(13-15-28)22(29)17-24-23(30)20-16-21(33-25-20)18-8-4-2-5-9-18/h2,4-5,8-9,16,19H,3,6-7,10-15,17H2,1H3,(H,24,30). The number of nitrogens with zero attached hydrogens (tertiary/aromatic N) is 4. The first-order valence-electron chi connectivity index (χ1n) is 11.7. The van der Waals surface area contributed by atoms with Crippen molar-refractivity contribution in [2.24, 2.45) is 0 Å². The highest BCUT2D eigenvalue weighted by Gasteiger charge is 2.35. The van der Waals surface area contributed by atoms with Crippen LogP contribution in [0.2, 0.25) is 0 Å². The van der Waals surface area contributed by atoms with Gasteiger partial charge in [0, 0.05) is 50.9 Å². The van der Waals surface area contributed by atoms with Crippen LogP contribution in [0.15, 0.2) is 40.9 Å². The molecule has 10 nitrogen and oxygen atoms in total. The first-order valence-corrected chi connectivity index (χ1v) is 13.1. The van der Waals surface area contributed by atoms with Gasteiger partial charge in [-0.05, 0) is 12.8 Å². The SMILES string of the molecule is CN(C1CCCCC1)S(=O)(=O)N1CCN(C(=O)CNC(=O)c2cc(-c3ccccc3)on2)CC1. The molecule has 0 radical (unpaired) electrons. The van der Waals surface area contributed by atoms with Crippen LogP contribution in [-0.4, -0.2) is 84.7 Å². The van der Waals surface area contributed by atoms with E-state index in [9.17, 15) is 18.0 Å². The van der Waals surface area contributed by atoms with E-state index < -0.39 is 16.1 Å². The summed E-state index contributed by atoms with van der Waals surface area (Å²) in [6.07, 6.45) is 5.06. The lowest BCUT2D eigenvalue weighted by atomic mass is 9.96. The maximum absolute atomic E-state index is 13.0. The summed E-state index contributed by atoms with van der Waals surface area (Å²) in [6, 6.07) is 10.9. The van der Waals surface area contributed by atoms with Crippen molar-refractivity contribution in [3.05, 3.63) is 42.1 Å². The van der Waals surface area contributed by atoms with Crippen molar-refractivity contribution in [1.29, 1.82) is 0 Å². The predicted octanol–water partition coefficient (Wildman–Crippen LogP) is 1.72. The van der Waals surface area contributed by atoms with Crippen LogP contribution in [0.3, 0.4) is 0 Å². The molecule has 0 bridgehead atoms. The fourth-order valence-corrected chi connectivity index (χ4v) is 6.04. The van der Waals surface area contributed by atoms with Crippen molar-refractivity contribution in [3.63, 3.8) is 0 Å². The fourth-order valence-electron chi connectivity index (χ4n) is 4.46. The molecule has 2 amide bonds. The van der Waals surface area contributed by atoms with Gasteiger partial charge in [0.15, 0.2) is 11.5 Å². The molecule has 1 saturated carbocycles. The van der Waals surface area contributed by atoms with Gasteiger partial charge in [-0.25, -0.2) is 0 Å². The van der Waals surface area contributed by atoms with Crippen LogP contribution in [-0.2, 0) is 15.0 Å². The molecule has 2 aliphatic rings. The Morgan fingerprint density at radius 3 is 2.44 bits per heavy atom. The van der Waals surface area contributed by atoms with Crippen LogP contribution >= 0.6 is 0 Å². The van der Waals surface area contributed by atoms with Crippen molar-refractivity contribution < 1.29 is 22.5 Å². The third kappa shape index (κ3) is 5.48. The minimum Gasteiger partial charge on any atom is -0.355 e. The molecule has 1 aromatic carbocycles. The minimum atomic E-state index is -3.55. The van der Waals surface area contributed by atoms with E-state index in [2.05, 4.69) is 10.5 Å². The van der Waals surface area contributed by atoms with Crippen molar-refractivity contribution in [2.75, 3.05) is 39.8 Å². The monoisotopic (exact) mass is 489 g/mol. The molecule has 1 N–H and O–H groups in total. The van der Waals surface area contributed by atoms with E-state index in [0.29, 0.717) is 5.76 Å². The molecule has 2 aromatic rings. The Balaban J connectivity index is 1.25. The molecule has 11 heteroatoms. The molecule has 2 heterocycles. The van der Waals surface area contributed by atoms with E-state index >= 15 is 0 Å². The molecule has 1 aliphatic carbocycles. The summed E-state index contributed by atoms with van der Waals surface area (Å²) in [4.78, 5) is 26.5. The average Bonchev–Trinajstić information content (AvgIpc) is 3.38. The number of carbonyl (C=O) groups excluding carboxylic acids is 2. The third-order valence-electron chi connectivity index (χ3n) is 6.57. The minimum absolute atomic E-state index is 0.0487. The van der Waals surface area contributed by atoms with Crippen LogP contribution < -0.4 is 5.32 Å².